The number of morpholine rings is 1. The Kier molecular flexibility index (Phi) is 6.23. The van der Waals surface area contributed by atoms with Crippen LogP contribution in [0.1, 0.15) is 37.0 Å². The molecule has 2 aliphatic heterocycles. The van der Waals surface area contributed by atoms with Gasteiger partial charge in [-0.15, -0.1) is 0 Å². The summed E-state index contributed by atoms with van der Waals surface area (Å²) in [5.41, 5.74) is 1.48. The Morgan fingerprint density at radius 3 is 2.62 bits per heavy atom. The van der Waals surface area contributed by atoms with Crippen molar-refractivity contribution >= 4 is 17.5 Å². The summed E-state index contributed by atoms with van der Waals surface area (Å²) in [6, 6.07) is 7.46. The molecule has 2 aliphatic rings. The first-order valence-electron chi connectivity index (χ1n) is 10.5. The fourth-order valence-electron chi connectivity index (χ4n) is 4.49. The number of aromatic nitrogens is 2. The standard InChI is InChI=1S/C22H29ClN4O2/c1-16-12-25(13-17(2)29-16)14-18-6-8-26(9-7-18)22(28)19-11-24-27(15-19)21-5-3-4-20(23)10-21/h3-5,10-11,15-18H,6-9,12-14H2,1-2H3. The van der Waals surface area contributed by atoms with Gasteiger partial charge in [0.25, 0.3) is 5.91 Å². The first-order chi connectivity index (χ1) is 14.0. The molecule has 29 heavy (non-hydrogen) atoms. The van der Waals surface area contributed by atoms with Gasteiger partial charge < -0.3 is 9.64 Å². The predicted molar refractivity (Wildman–Crippen MR) is 114 cm³/mol. The van der Waals surface area contributed by atoms with E-state index in [0.29, 0.717) is 28.7 Å². The van der Waals surface area contributed by atoms with Crippen molar-refractivity contribution in [1.29, 1.82) is 0 Å². The summed E-state index contributed by atoms with van der Waals surface area (Å²) < 4.78 is 7.53. The molecule has 0 saturated carbocycles. The molecule has 2 aromatic rings. The first kappa shape index (κ1) is 20.4. The SMILES string of the molecule is CC1CN(CC2CCN(C(=O)c3cnn(-c4cccc(Cl)c4)c3)CC2)CC(C)O1. The zero-order valence-corrected chi connectivity index (χ0v) is 17.9. The van der Waals surface area contributed by atoms with Crippen molar-refractivity contribution in [3.05, 3.63) is 47.2 Å². The van der Waals surface area contributed by atoms with Crippen molar-refractivity contribution in [1.82, 2.24) is 19.6 Å². The fourth-order valence-corrected chi connectivity index (χ4v) is 4.68. The van der Waals surface area contributed by atoms with E-state index < -0.39 is 0 Å². The van der Waals surface area contributed by atoms with Crippen LogP contribution < -0.4 is 0 Å². The average molecular weight is 417 g/mol. The first-order valence-corrected chi connectivity index (χ1v) is 10.8. The Bertz CT molecular complexity index is 837. The second kappa shape index (κ2) is 8.86. The van der Waals surface area contributed by atoms with Crippen molar-refractivity contribution < 1.29 is 9.53 Å². The van der Waals surface area contributed by atoms with Gasteiger partial charge in [-0.1, -0.05) is 17.7 Å². The summed E-state index contributed by atoms with van der Waals surface area (Å²) in [6.07, 6.45) is 6.14. The number of likely N-dealkylation sites (tertiary alicyclic amines) is 1. The second-order valence-electron chi connectivity index (χ2n) is 8.36. The third-order valence-corrected chi connectivity index (χ3v) is 6.05. The van der Waals surface area contributed by atoms with E-state index in [-0.39, 0.29) is 5.91 Å². The number of nitrogens with zero attached hydrogens (tertiary/aromatic N) is 4. The lowest BCUT2D eigenvalue weighted by atomic mass is 9.95. The quantitative estimate of drug-likeness (QED) is 0.765. The Balaban J connectivity index is 1.31. The summed E-state index contributed by atoms with van der Waals surface area (Å²) >= 11 is 6.06. The predicted octanol–water partition coefficient (Wildman–Crippen LogP) is 3.49. The molecule has 0 spiro atoms. The summed E-state index contributed by atoms with van der Waals surface area (Å²) in [5.74, 6) is 0.705. The van der Waals surface area contributed by atoms with Crippen molar-refractivity contribution in [2.45, 2.75) is 38.9 Å². The Labute approximate surface area is 177 Å². The van der Waals surface area contributed by atoms with E-state index in [1.54, 1.807) is 17.1 Å². The molecule has 0 radical (unpaired) electrons. The van der Waals surface area contributed by atoms with Crippen LogP contribution in [-0.2, 0) is 4.74 Å². The lowest BCUT2D eigenvalue weighted by molar-refractivity contribution is -0.0728. The van der Waals surface area contributed by atoms with Gasteiger partial charge in [0.15, 0.2) is 0 Å². The van der Waals surface area contributed by atoms with Gasteiger partial charge in [-0.2, -0.15) is 5.10 Å². The van der Waals surface area contributed by atoms with Crippen LogP contribution in [0.15, 0.2) is 36.7 Å². The van der Waals surface area contributed by atoms with Crippen LogP contribution in [-0.4, -0.2) is 70.4 Å². The van der Waals surface area contributed by atoms with E-state index in [2.05, 4.69) is 23.8 Å². The number of rotatable bonds is 4. The highest BCUT2D eigenvalue weighted by Gasteiger charge is 2.28. The van der Waals surface area contributed by atoms with Crippen LogP contribution in [0.3, 0.4) is 0 Å². The average Bonchev–Trinajstić information content (AvgIpc) is 3.17. The minimum Gasteiger partial charge on any atom is -0.373 e. The summed E-state index contributed by atoms with van der Waals surface area (Å²) in [5, 5.41) is 4.99. The van der Waals surface area contributed by atoms with Crippen molar-refractivity contribution in [3.63, 3.8) is 0 Å². The molecule has 0 aliphatic carbocycles. The summed E-state index contributed by atoms with van der Waals surface area (Å²) in [4.78, 5) is 17.4. The van der Waals surface area contributed by atoms with Gasteiger partial charge in [0.2, 0.25) is 0 Å². The van der Waals surface area contributed by atoms with E-state index in [4.69, 9.17) is 16.3 Å². The molecule has 7 heteroatoms. The molecule has 2 fully saturated rings. The van der Waals surface area contributed by atoms with Gasteiger partial charge in [-0.25, -0.2) is 4.68 Å². The Hall–Kier alpha value is -1.89. The molecule has 0 N–H and O–H groups in total. The van der Waals surface area contributed by atoms with Crippen molar-refractivity contribution in [3.8, 4) is 5.69 Å². The molecular formula is C22H29ClN4O2. The zero-order valence-electron chi connectivity index (χ0n) is 17.1. The van der Waals surface area contributed by atoms with E-state index in [0.717, 1.165) is 51.3 Å². The summed E-state index contributed by atoms with van der Waals surface area (Å²) in [6.45, 7) is 9.02. The van der Waals surface area contributed by atoms with Gasteiger partial charge in [-0.05, 0) is 50.8 Å². The number of benzene rings is 1. The highest BCUT2D eigenvalue weighted by Crippen LogP contribution is 2.22. The van der Waals surface area contributed by atoms with Gasteiger partial charge in [0, 0.05) is 43.9 Å². The van der Waals surface area contributed by atoms with E-state index in [1.807, 2.05) is 29.2 Å². The fraction of sp³-hybridized carbons (Fsp3) is 0.545. The largest absolute Gasteiger partial charge is 0.373 e. The van der Waals surface area contributed by atoms with Crippen LogP contribution in [0.5, 0.6) is 0 Å². The van der Waals surface area contributed by atoms with Crippen LogP contribution >= 0.6 is 11.6 Å². The second-order valence-corrected chi connectivity index (χ2v) is 8.80. The molecule has 3 heterocycles. The minimum atomic E-state index is 0.0605. The monoisotopic (exact) mass is 416 g/mol. The van der Waals surface area contributed by atoms with E-state index >= 15 is 0 Å². The molecular weight excluding hydrogens is 388 g/mol. The van der Waals surface area contributed by atoms with Gasteiger partial charge in [0.05, 0.1) is 29.7 Å². The molecule has 2 atom stereocenters. The van der Waals surface area contributed by atoms with E-state index in [1.165, 1.54) is 0 Å². The molecule has 1 amide bonds. The summed E-state index contributed by atoms with van der Waals surface area (Å²) in [7, 11) is 0. The van der Waals surface area contributed by atoms with Crippen LogP contribution in [0.4, 0.5) is 0 Å². The maximum atomic E-state index is 12.9. The van der Waals surface area contributed by atoms with Crippen LogP contribution in [0.25, 0.3) is 5.69 Å². The molecule has 1 aromatic heterocycles. The highest BCUT2D eigenvalue weighted by atomic mass is 35.5. The maximum absolute atomic E-state index is 12.9. The number of carbonyl (C=O) groups is 1. The van der Waals surface area contributed by atoms with Crippen molar-refractivity contribution in [2.75, 3.05) is 32.7 Å². The molecule has 2 unspecified atom stereocenters. The highest BCUT2D eigenvalue weighted by molar-refractivity contribution is 6.30. The zero-order chi connectivity index (χ0) is 20.4. The number of amides is 1. The molecule has 4 rings (SSSR count). The topological polar surface area (TPSA) is 50.6 Å². The van der Waals surface area contributed by atoms with Gasteiger partial charge in [0.1, 0.15) is 0 Å². The lowest BCUT2D eigenvalue weighted by Crippen LogP contribution is -2.48. The molecule has 1 aromatic carbocycles. The number of hydrogen-bond acceptors (Lipinski definition) is 4. The van der Waals surface area contributed by atoms with Crippen molar-refractivity contribution in [2.24, 2.45) is 5.92 Å². The molecule has 2 saturated heterocycles. The lowest BCUT2D eigenvalue weighted by Gasteiger charge is -2.39. The number of carbonyl (C=O) groups excluding carboxylic acids is 1. The third kappa shape index (κ3) is 5.00. The molecule has 0 bridgehead atoms. The number of piperidine rings is 1. The normalized spacial score (nSPS) is 24.0. The van der Waals surface area contributed by atoms with Gasteiger partial charge in [-0.3, -0.25) is 9.69 Å². The Morgan fingerprint density at radius 1 is 1.21 bits per heavy atom. The molecule has 6 nitrogen and oxygen atoms in total. The van der Waals surface area contributed by atoms with E-state index in [9.17, 15) is 4.79 Å². The smallest absolute Gasteiger partial charge is 0.257 e. The Morgan fingerprint density at radius 2 is 1.93 bits per heavy atom. The minimum absolute atomic E-state index is 0.0605. The van der Waals surface area contributed by atoms with Crippen LogP contribution in [0, 0.1) is 5.92 Å². The number of hydrogen-bond donors (Lipinski definition) is 0. The number of halogens is 1. The molecule has 156 valence electrons. The number of ether oxygens (including phenoxy) is 1. The van der Waals surface area contributed by atoms with Crippen LogP contribution in [0.2, 0.25) is 5.02 Å². The maximum Gasteiger partial charge on any atom is 0.257 e. The van der Waals surface area contributed by atoms with Gasteiger partial charge >= 0.3 is 0 Å². The third-order valence-electron chi connectivity index (χ3n) is 5.82.